The predicted octanol–water partition coefficient (Wildman–Crippen LogP) is 5.50. The zero-order valence-electron chi connectivity index (χ0n) is 17.6. The summed E-state index contributed by atoms with van der Waals surface area (Å²) in [6.07, 6.45) is 1.69. The minimum absolute atomic E-state index is 0.219. The highest BCUT2D eigenvalue weighted by atomic mass is 16.5. The van der Waals surface area contributed by atoms with Crippen molar-refractivity contribution in [1.82, 2.24) is 9.66 Å². The summed E-state index contributed by atoms with van der Waals surface area (Å²) >= 11 is 0. The topological polar surface area (TPSA) is 56.5 Å². The van der Waals surface area contributed by atoms with Gasteiger partial charge in [-0.3, -0.25) is 4.79 Å². The van der Waals surface area contributed by atoms with Crippen LogP contribution >= 0.6 is 0 Å². The first-order valence-corrected chi connectivity index (χ1v) is 10.5. The van der Waals surface area contributed by atoms with E-state index in [-0.39, 0.29) is 5.56 Å². The van der Waals surface area contributed by atoms with Gasteiger partial charge in [0.1, 0.15) is 5.75 Å². The molecule has 0 saturated heterocycles. The van der Waals surface area contributed by atoms with Crippen LogP contribution < -0.4 is 10.3 Å². The Labute approximate surface area is 185 Å². The number of nitrogens with zero attached hydrogens (tertiary/aromatic N) is 3. The lowest BCUT2D eigenvalue weighted by molar-refractivity contribution is 0.340. The monoisotopic (exact) mass is 419 g/mol. The molecule has 0 aliphatic rings. The van der Waals surface area contributed by atoms with Crippen LogP contribution in [-0.2, 0) is 0 Å². The van der Waals surface area contributed by atoms with Gasteiger partial charge in [-0.25, -0.2) is 4.98 Å². The molecule has 0 atom stereocenters. The maximum absolute atomic E-state index is 13.4. The van der Waals surface area contributed by atoms with Crippen LogP contribution in [0.3, 0.4) is 0 Å². The Morgan fingerprint density at radius 3 is 2.41 bits per heavy atom. The van der Waals surface area contributed by atoms with Crippen molar-refractivity contribution < 1.29 is 4.74 Å². The largest absolute Gasteiger partial charge is 0.493 e. The summed E-state index contributed by atoms with van der Waals surface area (Å²) in [4.78, 5) is 18.2. The van der Waals surface area contributed by atoms with Crippen LogP contribution in [0.5, 0.6) is 5.75 Å². The molecular weight excluding hydrogens is 398 g/mol. The van der Waals surface area contributed by atoms with Crippen LogP contribution in [0.4, 0.5) is 0 Å². The predicted molar refractivity (Wildman–Crippen MR) is 130 cm³/mol. The van der Waals surface area contributed by atoms with E-state index in [1.54, 1.807) is 12.3 Å². The SMILES string of the molecule is CCOc1ccc2ccccc2c1C=Nn1c(-c2ccccc2)nc2ccccc2c1=O. The van der Waals surface area contributed by atoms with Gasteiger partial charge in [-0.05, 0) is 35.9 Å². The number of rotatable bonds is 5. The van der Waals surface area contributed by atoms with Crippen molar-refractivity contribution in [3.63, 3.8) is 0 Å². The molecule has 5 aromatic rings. The van der Waals surface area contributed by atoms with Crippen LogP contribution in [0.1, 0.15) is 12.5 Å². The number of fused-ring (bicyclic) bond motifs is 2. The molecule has 32 heavy (non-hydrogen) atoms. The lowest BCUT2D eigenvalue weighted by Gasteiger charge is -2.12. The third-order valence-electron chi connectivity index (χ3n) is 5.32. The normalized spacial score (nSPS) is 11.4. The summed E-state index contributed by atoms with van der Waals surface area (Å²) in [7, 11) is 0. The van der Waals surface area contributed by atoms with Crippen molar-refractivity contribution in [2.24, 2.45) is 5.10 Å². The molecule has 0 saturated carbocycles. The molecule has 0 bridgehead atoms. The standard InChI is InChI=1S/C27H21N3O2/c1-2-32-25-17-16-19-10-6-7-13-21(19)23(25)18-28-30-26(20-11-4-3-5-12-20)29-24-15-9-8-14-22(24)27(30)31/h3-18H,2H2,1H3. The van der Waals surface area contributed by atoms with Gasteiger partial charge in [0, 0.05) is 11.1 Å². The maximum atomic E-state index is 13.4. The third-order valence-corrected chi connectivity index (χ3v) is 5.32. The van der Waals surface area contributed by atoms with E-state index in [0.717, 1.165) is 27.6 Å². The van der Waals surface area contributed by atoms with Crippen LogP contribution in [0.25, 0.3) is 33.1 Å². The number of aromatic nitrogens is 2. The molecule has 0 radical (unpaired) electrons. The van der Waals surface area contributed by atoms with E-state index < -0.39 is 0 Å². The highest BCUT2D eigenvalue weighted by Crippen LogP contribution is 2.27. The van der Waals surface area contributed by atoms with Crippen LogP contribution in [0.15, 0.2) is 101 Å². The quantitative estimate of drug-likeness (QED) is 0.354. The average Bonchev–Trinajstić information content (AvgIpc) is 2.85. The Hall–Kier alpha value is -4.25. The van der Waals surface area contributed by atoms with Crippen molar-refractivity contribution in [1.29, 1.82) is 0 Å². The van der Waals surface area contributed by atoms with Crippen LogP contribution in [0, 0.1) is 0 Å². The second-order valence-electron chi connectivity index (χ2n) is 7.31. The second kappa shape index (κ2) is 8.47. The molecule has 0 fully saturated rings. The van der Waals surface area contributed by atoms with Gasteiger partial charge in [-0.1, -0.05) is 72.8 Å². The highest BCUT2D eigenvalue weighted by Gasteiger charge is 2.13. The van der Waals surface area contributed by atoms with Gasteiger partial charge in [0.2, 0.25) is 0 Å². The number of hydrogen-bond donors (Lipinski definition) is 0. The van der Waals surface area contributed by atoms with Crippen molar-refractivity contribution in [3.05, 3.63) is 107 Å². The van der Waals surface area contributed by atoms with Crippen LogP contribution in [-0.4, -0.2) is 22.5 Å². The number of ether oxygens (including phenoxy) is 1. The molecule has 1 aromatic heterocycles. The van der Waals surface area contributed by atoms with E-state index in [9.17, 15) is 4.79 Å². The fourth-order valence-electron chi connectivity index (χ4n) is 3.81. The number of benzene rings is 4. The van der Waals surface area contributed by atoms with Gasteiger partial charge >= 0.3 is 0 Å². The van der Waals surface area contributed by atoms with Gasteiger partial charge in [-0.2, -0.15) is 9.78 Å². The van der Waals surface area contributed by atoms with E-state index >= 15 is 0 Å². The molecule has 5 rings (SSSR count). The Balaban J connectivity index is 1.75. The molecule has 5 heteroatoms. The molecule has 0 aliphatic carbocycles. The lowest BCUT2D eigenvalue weighted by Crippen LogP contribution is -2.20. The van der Waals surface area contributed by atoms with E-state index in [0.29, 0.717) is 23.3 Å². The minimum atomic E-state index is -0.219. The maximum Gasteiger partial charge on any atom is 0.282 e. The van der Waals surface area contributed by atoms with Crippen molar-refractivity contribution in [3.8, 4) is 17.1 Å². The fraction of sp³-hybridized carbons (Fsp3) is 0.0741. The number of hydrogen-bond acceptors (Lipinski definition) is 4. The zero-order chi connectivity index (χ0) is 21.9. The van der Waals surface area contributed by atoms with E-state index in [1.165, 1.54) is 4.68 Å². The summed E-state index contributed by atoms with van der Waals surface area (Å²) in [5, 5.41) is 7.23. The van der Waals surface area contributed by atoms with Crippen molar-refractivity contribution in [2.45, 2.75) is 6.92 Å². The molecule has 0 N–H and O–H groups in total. The molecule has 5 nitrogen and oxygen atoms in total. The molecule has 0 unspecified atom stereocenters. The molecule has 0 aliphatic heterocycles. The van der Waals surface area contributed by atoms with Gasteiger partial charge in [-0.15, -0.1) is 0 Å². The first-order chi connectivity index (χ1) is 15.8. The Morgan fingerprint density at radius 1 is 0.875 bits per heavy atom. The van der Waals surface area contributed by atoms with Crippen LogP contribution in [0.2, 0.25) is 0 Å². The fourth-order valence-corrected chi connectivity index (χ4v) is 3.81. The smallest absolute Gasteiger partial charge is 0.282 e. The molecule has 156 valence electrons. The molecule has 0 spiro atoms. The Morgan fingerprint density at radius 2 is 1.59 bits per heavy atom. The molecular formula is C27H21N3O2. The second-order valence-corrected chi connectivity index (χ2v) is 7.31. The summed E-state index contributed by atoms with van der Waals surface area (Å²) in [6, 6.07) is 28.9. The van der Waals surface area contributed by atoms with E-state index in [2.05, 4.69) is 5.10 Å². The first kappa shape index (κ1) is 19.7. The van der Waals surface area contributed by atoms with Crippen molar-refractivity contribution in [2.75, 3.05) is 6.61 Å². The Bertz CT molecular complexity index is 1500. The third kappa shape index (κ3) is 3.54. The van der Waals surface area contributed by atoms with Gasteiger partial charge < -0.3 is 4.74 Å². The van der Waals surface area contributed by atoms with Gasteiger partial charge in [0.15, 0.2) is 5.82 Å². The van der Waals surface area contributed by atoms with Crippen molar-refractivity contribution >= 4 is 27.9 Å². The highest BCUT2D eigenvalue weighted by molar-refractivity contribution is 6.02. The van der Waals surface area contributed by atoms with E-state index in [1.807, 2.05) is 91.9 Å². The van der Waals surface area contributed by atoms with Gasteiger partial charge in [0.25, 0.3) is 5.56 Å². The van der Waals surface area contributed by atoms with E-state index in [4.69, 9.17) is 9.72 Å². The first-order valence-electron chi connectivity index (χ1n) is 10.5. The summed E-state index contributed by atoms with van der Waals surface area (Å²) < 4.78 is 7.22. The minimum Gasteiger partial charge on any atom is -0.493 e. The number of para-hydroxylation sites is 1. The molecule has 0 amide bonds. The molecule has 4 aromatic carbocycles. The molecule has 1 heterocycles. The summed E-state index contributed by atoms with van der Waals surface area (Å²) in [5.74, 6) is 1.21. The Kier molecular flexibility index (Phi) is 5.22. The average molecular weight is 419 g/mol. The van der Waals surface area contributed by atoms with Gasteiger partial charge in [0.05, 0.1) is 23.7 Å². The summed E-state index contributed by atoms with van der Waals surface area (Å²) in [6.45, 7) is 2.48. The lowest BCUT2D eigenvalue weighted by atomic mass is 10.0. The summed E-state index contributed by atoms with van der Waals surface area (Å²) in [5.41, 5.74) is 2.06. The zero-order valence-corrected chi connectivity index (χ0v) is 17.6.